The molecule has 7 heteroatoms. The topological polar surface area (TPSA) is 70.1 Å². The quantitative estimate of drug-likeness (QED) is 0.729. The van der Waals surface area contributed by atoms with Gasteiger partial charge in [0.05, 0.1) is 6.42 Å². The summed E-state index contributed by atoms with van der Waals surface area (Å²) in [7, 11) is 0. The number of nitrogens with zero attached hydrogens (tertiary/aromatic N) is 2. The average molecular weight is 431 g/mol. The summed E-state index contributed by atoms with van der Waals surface area (Å²) in [5, 5.41) is 9.45. The highest BCUT2D eigenvalue weighted by atomic mass is 35.5. The number of carbonyl (C=O) groups is 2. The number of carboxylic acid groups (broad SMARTS) is 1. The number of piperazine rings is 1. The second-order valence-electron chi connectivity index (χ2n) is 7.77. The van der Waals surface area contributed by atoms with E-state index in [2.05, 4.69) is 11.8 Å². The Balaban J connectivity index is 1.60. The first-order valence-corrected chi connectivity index (χ1v) is 10.4. The van der Waals surface area contributed by atoms with Crippen LogP contribution in [-0.2, 0) is 22.6 Å². The molecular weight excluding hydrogens is 404 g/mol. The summed E-state index contributed by atoms with van der Waals surface area (Å²) in [5.41, 5.74) is 3.05. The third-order valence-corrected chi connectivity index (χ3v) is 5.51. The zero-order valence-electron chi connectivity index (χ0n) is 17.3. The lowest BCUT2D eigenvalue weighted by Crippen LogP contribution is -2.54. The van der Waals surface area contributed by atoms with Crippen LogP contribution >= 0.6 is 11.6 Å². The van der Waals surface area contributed by atoms with E-state index in [4.69, 9.17) is 21.4 Å². The van der Waals surface area contributed by atoms with Crippen LogP contribution in [0.3, 0.4) is 0 Å². The van der Waals surface area contributed by atoms with Crippen molar-refractivity contribution in [1.82, 2.24) is 9.80 Å². The normalized spacial score (nSPS) is 17.0. The van der Waals surface area contributed by atoms with Gasteiger partial charge in [-0.25, -0.2) is 4.79 Å². The molecule has 0 aromatic heterocycles. The third-order valence-electron chi connectivity index (χ3n) is 5.28. The highest BCUT2D eigenvalue weighted by molar-refractivity contribution is 6.30. The Morgan fingerprint density at radius 2 is 1.90 bits per heavy atom. The molecule has 3 rings (SSSR count). The molecule has 0 saturated carbocycles. The smallest absolute Gasteiger partial charge is 0.341 e. The minimum absolute atomic E-state index is 0.0827. The van der Waals surface area contributed by atoms with Crippen LogP contribution in [0.2, 0.25) is 5.02 Å². The first-order valence-electron chi connectivity index (χ1n) is 10.0. The van der Waals surface area contributed by atoms with E-state index in [1.807, 2.05) is 36.1 Å². The van der Waals surface area contributed by atoms with Gasteiger partial charge in [0, 0.05) is 42.8 Å². The zero-order chi connectivity index (χ0) is 21.7. The SMILES string of the molecule is Cc1ccc(CC(=O)N2CCN(Cc3cc(Cl)ccc3OCC(=O)O)C[C@@H]2C)cc1. The fourth-order valence-corrected chi connectivity index (χ4v) is 3.92. The van der Waals surface area contributed by atoms with Crippen molar-refractivity contribution in [3.05, 3.63) is 64.2 Å². The number of rotatable bonds is 7. The molecule has 1 atom stereocenters. The number of aryl methyl sites for hydroxylation is 1. The van der Waals surface area contributed by atoms with Gasteiger partial charge in [0.1, 0.15) is 5.75 Å². The van der Waals surface area contributed by atoms with Crippen molar-refractivity contribution in [3.63, 3.8) is 0 Å². The molecule has 2 aromatic rings. The van der Waals surface area contributed by atoms with E-state index in [1.165, 1.54) is 5.56 Å². The Morgan fingerprint density at radius 1 is 1.17 bits per heavy atom. The van der Waals surface area contributed by atoms with E-state index in [1.54, 1.807) is 18.2 Å². The maximum absolute atomic E-state index is 12.8. The molecule has 1 aliphatic rings. The maximum Gasteiger partial charge on any atom is 0.341 e. The first kappa shape index (κ1) is 22.1. The van der Waals surface area contributed by atoms with Crippen molar-refractivity contribution in [2.24, 2.45) is 0 Å². The van der Waals surface area contributed by atoms with Gasteiger partial charge in [-0.3, -0.25) is 9.69 Å². The summed E-state index contributed by atoms with van der Waals surface area (Å²) < 4.78 is 5.41. The Morgan fingerprint density at radius 3 is 2.57 bits per heavy atom. The predicted molar refractivity (Wildman–Crippen MR) is 116 cm³/mol. The monoisotopic (exact) mass is 430 g/mol. The van der Waals surface area contributed by atoms with Crippen LogP contribution in [-0.4, -0.2) is 59.1 Å². The van der Waals surface area contributed by atoms with Crippen molar-refractivity contribution in [3.8, 4) is 5.75 Å². The van der Waals surface area contributed by atoms with Gasteiger partial charge in [-0.15, -0.1) is 0 Å². The molecular formula is C23H27ClN2O4. The molecule has 0 unspecified atom stereocenters. The van der Waals surface area contributed by atoms with Crippen molar-refractivity contribution in [1.29, 1.82) is 0 Å². The summed E-state index contributed by atoms with van der Waals surface area (Å²) in [6, 6.07) is 13.3. The Labute approximate surface area is 182 Å². The molecule has 1 N–H and O–H groups in total. The van der Waals surface area contributed by atoms with Gasteiger partial charge in [-0.1, -0.05) is 41.4 Å². The van der Waals surface area contributed by atoms with Crippen LogP contribution < -0.4 is 4.74 Å². The second-order valence-corrected chi connectivity index (χ2v) is 8.20. The molecule has 1 fully saturated rings. The van der Waals surface area contributed by atoms with E-state index in [-0.39, 0.29) is 11.9 Å². The molecule has 1 saturated heterocycles. The maximum atomic E-state index is 12.8. The molecule has 1 aliphatic heterocycles. The molecule has 6 nitrogen and oxygen atoms in total. The van der Waals surface area contributed by atoms with Crippen LogP contribution in [0.4, 0.5) is 0 Å². The lowest BCUT2D eigenvalue weighted by molar-refractivity contribution is -0.139. The molecule has 0 bridgehead atoms. The lowest BCUT2D eigenvalue weighted by atomic mass is 10.1. The number of benzene rings is 2. The van der Waals surface area contributed by atoms with Gasteiger partial charge >= 0.3 is 5.97 Å². The predicted octanol–water partition coefficient (Wildman–Crippen LogP) is 3.39. The number of carbonyl (C=O) groups excluding carboxylic acids is 1. The van der Waals surface area contributed by atoms with Gasteiger partial charge in [0.25, 0.3) is 0 Å². The van der Waals surface area contributed by atoms with Gasteiger partial charge in [0.2, 0.25) is 5.91 Å². The summed E-state index contributed by atoms with van der Waals surface area (Å²) >= 11 is 6.13. The number of ether oxygens (including phenoxy) is 1. The highest BCUT2D eigenvalue weighted by Gasteiger charge is 2.27. The molecule has 160 valence electrons. The van der Waals surface area contributed by atoms with Crippen LogP contribution in [0, 0.1) is 6.92 Å². The fraction of sp³-hybridized carbons (Fsp3) is 0.391. The number of carboxylic acids is 1. The van der Waals surface area contributed by atoms with E-state index in [0.717, 1.165) is 24.2 Å². The molecule has 1 amide bonds. The standard InChI is InChI=1S/C23H27ClN2O4/c1-16-3-5-18(6-4-16)11-22(27)26-10-9-25(13-17(26)2)14-19-12-20(24)7-8-21(19)30-15-23(28)29/h3-8,12,17H,9-11,13-15H2,1-2H3,(H,28,29)/t17-/m0/s1. The van der Waals surface area contributed by atoms with Crippen LogP contribution in [0.25, 0.3) is 0 Å². The van der Waals surface area contributed by atoms with Gasteiger partial charge in [-0.2, -0.15) is 0 Å². The summed E-state index contributed by atoms with van der Waals surface area (Å²) in [5.74, 6) is -0.364. The molecule has 0 aliphatic carbocycles. The fourth-order valence-electron chi connectivity index (χ4n) is 3.72. The van der Waals surface area contributed by atoms with Crippen molar-refractivity contribution < 1.29 is 19.4 Å². The molecule has 0 radical (unpaired) electrons. The average Bonchev–Trinajstić information content (AvgIpc) is 2.69. The second kappa shape index (κ2) is 9.96. The zero-order valence-corrected chi connectivity index (χ0v) is 18.1. The lowest BCUT2D eigenvalue weighted by Gasteiger charge is -2.40. The minimum atomic E-state index is -1.02. The number of amides is 1. The Hall–Kier alpha value is -2.57. The number of hydrogen-bond acceptors (Lipinski definition) is 4. The number of hydrogen-bond donors (Lipinski definition) is 1. The van der Waals surface area contributed by atoms with Crippen LogP contribution in [0.5, 0.6) is 5.75 Å². The van der Waals surface area contributed by atoms with E-state index >= 15 is 0 Å². The Kier molecular flexibility index (Phi) is 7.34. The van der Waals surface area contributed by atoms with Gasteiger partial charge in [-0.05, 0) is 37.6 Å². The van der Waals surface area contributed by atoms with E-state index in [9.17, 15) is 9.59 Å². The van der Waals surface area contributed by atoms with Crippen LogP contribution in [0.1, 0.15) is 23.6 Å². The van der Waals surface area contributed by atoms with E-state index < -0.39 is 12.6 Å². The molecule has 30 heavy (non-hydrogen) atoms. The summed E-state index contributed by atoms with van der Waals surface area (Å²) in [4.78, 5) is 27.8. The highest BCUT2D eigenvalue weighted by Crippen LogP contribution is 2.25. The molecule has 1 heterocycles. The first-order chi connectivity index (χ1) is 14.3. The third kappa shape index (κ3) is 5.97. The van der Waals surface area contributed by atoms with Gasteiger partial charge < -0.3 is 14.7 Å². The molecule has 2 aromatic carbocycles. The Bertz CT molecular complexity index is 901. The minimum Gasteiger partial charge on any atom is -0.482 e. The largest absolute Gasteiger partial charge is 0.482 e. The van der Waals surface area contributed by atoms with Gasteiger partial charge in [0.15, 0.2) is 6.61 Å². The van der Waals surface area contributed by atoms with E-state index in [0.29, 0.717) is 30.3 Å². The van der Waals surface area contributed by atoms with Crippen molar-refractivity contribution >= 4 is 23.5 Å². The molecule has 0 spiro atoms. The van der Waals surface area contributed by atoms with Crippen LogP contribution in [0.15, 0.2) is 42.5 Å². The van der Waals surface area contributed by atoms with Crippen molar-refractivity contribution in [2.45, 2.75) is 32.9 Å². The summed E-state index contributed by atoms with van der Waals surface area (Å²) in [6.45, 7) is 6.38. The summed E-state index contributed by atoms with van der Waals surface area (Å²) in [6.07, 6.45) is 0.409. The number of aliphatic carboxylic acids is 1. The number of halogens is 1. The van der Waals surface area contributed by atoms with Crippen molar-refractivity contribution in [2.75, 3.05) is 26.2 Å².